The molecule has 0 aromatic heterocycles. The maximum Gasteiger partial charge on any atom is 0.333 e. The number of rotatable bonds is 1. The Labute approximate surface area is 34.6 Å². The Morgan fingerprint density at radius 1 is 2.00 bits per heavy atom. The first-order valence-corrected chi connectivity index (χ1v) is 1.31. The first-order chi connectivity index (χ1) is 2.77. The third-order valence-corrected chi connectivity index (χ3v) is 0.174. The molecule has 0 heterocycles. The molecule has 0 saturated carbocycles. The van der Waals surface area contributed by atoms with Crippen molar-refractivity contribution in [2.45, 2.75) is 6.92 Å². The van der Waals surface area contributed by atoms with Gasteiger partial charge in [-0.05, 0) is 0 Å². The van der Waals surface area contributed by atoms with Crippen LogP contribution in [0.1, 0.15) is 6.92 Å². The van der Waals surface area contributed by atoms with Crippen molar-refractivity contribution in [2.75, 3.05) is 0 Å². The van der Waals surface area contributed by atoms with Crippen molar-refractivity contribution < 1.29 is 9.63 Å². The molecular formula is C2H4N2O2. The van der Waals surface area contributed by atoms with E-state index >= 15 is 0 Å². The summed E-state index contributed by atoms with van der Waals surface area (Å²) in [5.74, 6) is -0.565. The van der Waals surface area contributed by atoms with Crippen LogP contribution in [0.4, 0.5) is 0 Å². The molecule has 0 radical (unpaired) electrons. The molecular weight excluding hydrogens is 84.0 g/mol. The largest absolute Gasteiger partial charge is 0.333 e. The summed E-state index contributed by atoms with van der Waals surface area (Å²) in [7, 11) is 0. The van der Waals surface area contributed by atoms with Gasteiger partial charge in [-0.25, -0.2) is 4.79 Å². The predicted molar refractivity (Wildman–Crippen MR) is 16.9 cm³/mol. The Balaban J connectivity index is 3.05. The van der Waals surface area contributed by atoms with E-state index in [-0.39, 0.29) is 0 Å². The normalized spacial score (nSPS) is 6.83. The van der Waals surface area contributed by atoms with Gasteiger partial charge in [-0.2, -0.15) is 5.53 Å². The fourth-order valence-electron chi connectivity index (χ4n) is 0.0643. The Morgan fingerprint density at radius 2 is 2.50 bits per heavy atom. The molecule has 4 heteroatoms. The molecule has 34 valence electrons. The molecule has 0 spiro atoms. The quantitative estimate of drug-likeness (QED) is 0.374. The second-order valence-electron chi connectivity index (χ2n) is 0.674. The van der Waals surface area contributed by atoms with Gasteiger partial charge in [-0.3, -0.25) is 0 Å². The van der Waals surface area contributed by atoms with E-state index in [9.17, 15) is 4.79 Å². The molecule has 4 nitrogen and oxygen atoms in total. The zero-order valence-corrected chi connectivity index (χ0v) is 3.26. The van der Waals surface area contributed by atoms with Crippen molar-refractivity contribution in [3.63, 3.8) is 0 Å². The van der Waals surface area contributed by atoms with Crippen molar-refractivity contribution in [1.29, 1.82) is 5.53 Å². The minimum atomic E-state index is -0.565. The van der Waals surface area contributed by atoms with Crippen LogP contribution in [-0.4, -0.2) is 5.97 Å². The molecule has 0 aromatic carbocycles. The van der Waals surface area contributed by atoms with E-state index in [4.69, 9.17) is 5.53 Å². The monoisotopic (exact) mass is 88.0 g/mol. The van der Waals surface area contributed by atoms with Crippen molar-refractivity contribution in [2.24, 2.45) is 5.28 Å². The zero-order valence-electron chi connectivity index (χ0n) is 3.26. The van der Waals surface area contributed by atoms with E-state index in [2.05, 4.69) is 10.1 Å². The number of hydrogen-bond acceptors (Lipinski definition) is 4. The molecule has 0 fully saturated rings. The lowest BCUT2D eigenvalue weighted by Gasteiger charge is -1.78. The van der Waals surface area contributed by atoms with Gasteiger partial charge in [0.15, 0.2) is 0 Å². The van der Waals surface area contributed by atoms with Gasteiger partial charge in [0.05, 0.1) is 0 Å². The minimum Gasteiger partial charge on any atom is -0.301 e. The highest BCUT2D eigenvalue weighted by Crippen LogP contribution is 1.70. The first kappa shape index (κ1) is 5.07. The molecule has 0 saturated heterocycles. The van der Waals surface area contributed by atoms with Gasteiger partial charge in [0.2, 0.25) is 0 Å². The highest BCUT2D eigenvalue weighted by Gasteiger charge is 1.82. The van der Waals surface area contributed by atoms with E-state index in [1.807, 2.05) is 0 Å². The summed E-state index contributed by atoms with van der Waals surface area (Å²) in [5.41, 5.74) is 5.92. The van der Waals surface area contributed by atoms with Crippen LogP contribution in [-0.2, 0) is 9.63 Å². The maximum atomic E-state index is 9.61. The Hall–Kier alpha value is -0.930. The van der Waals surface area contributed by atoms with Crippen LogP contribution in [0.3, 0.4) is 0 Å². The summed E-state index contributed by atoms with van der Waals surface area (Å²) < 4.78 is 0. The van der Waals surface area contributed by atoms with Gasteiger partial charge < -0.3 is 4.84 Å². The SMILES string of the molecule is CC(=O)ON=N. The van der Waals surface area contributed by atoms with Crippen molar-refractivity contribution >= 4 is 5.97 Å². The van der Waals surface area contributed by atoms with Gasteiger partial charge in [-0.1, -0.05) is 0 Å². The lowest BCUT2D eigenvalue weighted by molar-refractivity contribution is -0.142. The fraction of sp³-hybridized carbons (Fsp3) is 0.500. The molecule has 0 rings (SSSR count). The lowest BCUT2D eigenvalue weighted by atomic mass is 10.8. The summed E-state index contributed by atoms with van der Waals surface area (Å²) >= 11 is 0. The fourth-order valence-corrected chi connectivity index (χ4v) is 0.0643. The summed E-state index contributed by atoms with van der Waals surface area (Å²) in [6.45, 7) is 1.18. The van der Waals surface area contributed by atoms with E-state index < -0.39 is 5.97 Å². The highest BCUT2D eigenvalue weighted by atomic mass is 16.7. The van der Waals surface area contributed by atoms with Gasteiger partial charge in [-0.15, -0.1) is 0 Å². The Morgan fingerprint density at radius 3 is 2.50 bits per heavy atom. The number of nitrogens with one attached hydrogen (secondary N) is 1. The zero-order chi connectivity index (χ0) is 4.99. The van der Waals surface area contributed by atoms with Crippen LogP contribution >= 0.6 is 0 Å². The summed E-state index contributed by atoms with van der Waals surface area (Å²) in [6.07, 6.45) is 0. The standard InChI is InChI=1S/C2H4N2O2/c1-2(5)6-4-3/h3H,1H3. The number of carbonyl (C=O) groups excluding carboxylic acids is 1. The van der Waals surface area contributed by atoms with Gasteiger partial charge in [0, 0.05) is 12.2 Å². The molecule has 0 atom stereocenters. The first-order valence-electron chi connectivity index (χ1n) is 1.31. The van der Waals surface area contributed by atoms with Crippen molar-refractivity contribution in [3.8, 4) is 0 Å². The van der Waals surface area contributed by atoms with Gasteiger partial charge in [0.25, 0.3) is 0 Å². The molecule has 0 bridgehead atoms. The van der Waals surface area contributed by atoms with Crippen molar-refractivity contribution in [3.05, 3.63) is 0 Å². The molecule has 0 aliphatic heterocycles. The lowest BCUT2D eigenvalue weighted by Crippen LogP contribution is -1.87. The number of carbonyl (C=O) groups is 1. The van der Waals surface area contributed by atoms with Crippen LogP contribution in [0, 0.1) is 5.53 Å². The second kappa shape index (κ2) is 2.32. The molecule has 0 aromatic rings. The summed E-state index contributed by atoms with van der Waals surface area (Å²) in [4.78, 5) is 13.3. The molecule has 0 unspecified atom stereocenters. The van der Waals surface area contributed by atoms with Crippen LogP contribution in [0.25, 0.3) is 0 Å². The third kappa shape index (κ3) is 3.07. The van der Waals surface area contributed by atoms with Crippen LogP contribution in [0.5, 0.6) is 0 Å². The smallest absolute Gasteiger partial charge is 0.301 e. The Bertz CT molecular complexity index is 69.9. The van der Waals surface area contributed by atoms with E-state index in [0.29, 0.717) is 0 Å². The van der Waals surface area contributed by atoms with Crippen LogP contribution in [0.15, 0.2) is 5.28 Å². The third-order valence-electron chi connectivity index (χ3n) is 0.174. The van der Waals surface area contributed by atoms with Crippen molar-refractivity contribution in [1.82, 2.24) is 0 Å². The second-order valence-corrected chi connectivity index (χ2v) is 0.674. The van der Waals surface area contributed by atoms with E-state index in [1.165, 1.54) is 6.92 Å². The van der Waals surface area contributed by atoms with Gasteiger partial charge >= 0.3 is 5.97 Å². The molecule has 1 N–H and O–H groups in total. The van der Waals surface area contributed by atoms with Crippen LogP contribution in [0.2, 0.25) is 0 Å². The Kier molecular flexibility index (Phi) is 1.96. The molecule has 6 heavy (non-hydrogen) atoms. The minimum absolute atomic E-state index is 0.565. The maximum absolute atomic E-state index is 9.61. The number of nitrogens with zero attached hydrogens (tertiary/aromatic N) is 1. The molecule has 0 aliphatic carbocycles. The average Bonchev–Trinajstić information content (AvgIpc) is 1.35. The summed E-state index contributed by atoms with van der Waals surface area (Å²) in [6, 6.07) is 0. The summed E-state index contributed by atoms with van der Waals surface area (Å²) in [5, 5.41) is 2.34. The average molecular weight is 88.1 g/mol. The number of hydrogen-bond donors (Lipinski definition) is 1. The molecule has 0 aliphatic rings. The highest BCUT2D eigenvalue weighted by molar-refractivity contribution is 5.65. The topological polar surface area (TPSA) is 62.5 Å². The van der Waals surface area contributed by atoms with E-state index in [0.717, 1.165) is 0 Å². The van der Waals surface area contributed by atoms with Crippen LogP contribution < -0.4 is 0 Å². The van der Waals surface area contributed by atoms with Gasteiger partial charge in [0.1, 0.15) is 0 Å². The predicted octanol–water partition coefficient (Wildman–Crippen LogP) is 0.495. The van der Waals surface area contributed by atoms with E-state index in [1.54, 1.807) is 0 Å². The molecule has 0 amide bonds.